The molecule has 1 rings (SSSR count). The van der Waals surface area contributed by atoms with Gasteiger partial charge in [0.15, 0.2) is 0 Å². The summed E-state index contributed by atoms with van der Waals surface area (Å²) < 4.78 is 0. The largest absolute Gasteiger partial charge is 0.481 e. The summed E-state index contributed by atoms with van der Waals surface area (Å²) in [5.41, 5.74) is 0.0663. The van der Waals surface area contributed by atoms with Crippen molar-refractivity contribution in [1.82, 2.24) is 4.90 Å². The SMILES string of the molecule is CCCCCN1CC(C(=O)O)CC1(C)C. The van der Waals surface area contributed by atoms with E-state index in [9.17, 15) is 4.79 Å². The van der Waals surface area contributed by atoms with E-state index in [4.69, 9.17) is 5.11 Å². The van der Waals surface area contributed by atoms with Crippen LogP contribution in [0.3, 0.4) is 0 Å². The Hall–Kier alpha value is -0.570. The Morgan fingerprint density at radius 3 is 2.60 bits per heavy atom. The Bertz CT molecular complexity index is 226. The Morgan fingerprint density at radius 1 is 1.47 bits per heavy atom. The van der Waals surface area contributed by atoms with Crippen LogP contribution in [0.2, 0.25) is 0 Å². The van der Waals surface area contributed by atoms with E-state index in [1.807, 2.05) is 0 Å². The summed E-state index contributed by atoms with van der Waals surface area (Å²) in [6.07, 6.45) is 4.43. The first kappa shape index (κ1) is 12.5. The molecule has 15 heavy (non-hydrogen) atoms. The second kappa shape index (κ2) is 4.97. The highest BCUT2D eigenvalue weighted by molar-refractivity contribution is 5.70. The van der Waals surface area contributed by atoms with E-state index in [2.05, 4.69) is 25.7 Å². The van der Waals surface area contributed by atoms with Crippen molar-refractivity contribution in [3.63, 3.8) is 0 Å². The van der Waals surface area contributed by atoms with Crippen LogP contribution in [0.25, 0.3) is 0 Å². The van der Waals surface area contributed by atoms with Gasteiger partial charge in [0, 0.05) is 12.1 Å². The topological polar surface area (TPSA) is 40.5 Å². The first-order valence-electron chi connectivity index (χ1n) is 5.95. The Morgan fingerprint density at radius 2 is 2.13 bits per heavy atom. The monoisotopic (exact) mass is 213 g/mol. The van der Waals surface area contributed by atoms with Gasteiger partial charge in [0.25, 0.3) is 0 Å². The van der Waals surface area contributed by atoms with Crippen LogP contribution in [0.4, 0.5) is 0 Å². The Balaban J connectivity index is 2.46. The number of hydrogen-bond donors (Lipinski definition) is 1. The molecule has 0 aliphatic carbocycles. The predicted molar refractivity (Wildman–Crippen MR) is 60.9 cm³/mol. The lowest BCUT2D eigenvalue weighted by atomic mass is 9.96. The quantitative estimate of drug-likeness (QED) is 0.713. The van der Waals surface area contributed by atoms with Crippen molar-refractivity contribution in [2.24, 2.45) is 5.92 Å². The summed E-state index contributed by atoms with van der Waals surface area (Å²) >= 11 is 0. The fourth-order valence-electron chi connectivity index (χ4n) is 2.42. The highest BCUT2D eigenvalue weighted by Gasteiger charge is 2.40. The summed E-state index contributed by atoms with van der Waals surface area (Å²) in [4.78, 5) is 13.3. The number of carbonyl (C=O) groups is 1. The third-order valence-corrected chi connectivity index (χ3v) is 3.42. The summed E-state index contributed by atoms with van der Waals surface area (Å²) in [5.74, 6) is -0.803. The van der Waals surface area contributed by atoms with Crippen molar-refractivity contribution < 1.29 is 9.90 Å². The van der Waals surface area contributed by atoms with Crippen molar-refractivity contribution in [3.05, 3.63) is 0 Å². The minimum Gasteiger partial charge on any atom is -0.481 e. The number of likely N-dealkylation sites (tertiary alicyclic amines) is 1. The average molecular weight is 213 g/mol. The predicted octanol–water partition coefficient (Wildman–Crippen LogP) is 2.36. The van der Waals surface area contributed by atoms with Crippen molar-refractivity contribution in [2.75, 3.05) is 13.1 Å². The van der Waals surface area contributed by atoms with Crippen molar-refractivity contribution in [2.45, 2.75) is 52.0 Å². The minimum absolute atomic E-state index is 0.0663. The average Bonchev–Trinajstić information content (AvgIpc) is 2.43. The number of rotatable bonds is 5. The lowest BCUT2D eigenvalue weighted by Gasteiger charge is -2.31. The maximum Gasteiger partial charge on any atom is 0.307 e. The molecule has 3 heteroatoms. The van der Waals surface area contributed by atoms with E-state index in [1.165, 1.54) is 19.3 Å². The van der Waals surface area contributed by atoms with Crippen LogP contribution in [0.5, 0.6) is 0 Å². The second-order valence-electron chi connectivity index (χ2n) is 5.20. The fraction of sp³-hybridized carbons (Fsp3) is 0.917. The van der Waals surface area contributed by atoms with Crippen molar-refractivity contribution in [3.8, 4) is 0 Å². The first-order chi connectivity index (χ1) is 6.97. The molecule has 1 N–H and O–H groups in total. The second-order valence-corrected chi connectivity index (χ2v) is 5.20. The van der Waals surface area contributed by atoms with Crippen molar-refractivity contribution >= 4 is 5.97 Å². The molecule has 1 aliphatic rings. The molecule has 1 atom stereocenters. The zero-order chi connectivity index (χ0) is 11.5. The zero-order valence-electron chi connectivity index (χ0n) is 10.1. The van der Waals surface area contributed by atoms with Gasteiger partial charge in [-0.3, -0.25) is 9.69 Å². The normalized spacial score (nSPS) is 25.7. The highest BCUT2D eigenvalue weighted by atomic mass is 16.4. The molecule has 1 fully saturated rings. The van der Waals surface area contributed by atoms with Gasteiger partial charge in [-0.25, -0.2) is 0 Å². The van der Waals surface area contributed by atoms with E-state index >= 15 is 0 Å². The molecule has 0 bridgehead atoms. The molecule has 1 saturated heterocycles. The molecule has 0 aromatic rings. The van der Waals surface area contributed by atoms with Gasteiger partial charge < -0.3 is 5.11 Å². The van der Waals surface area contributed by atoms with Gasteiger partial charge in [-0.05, 0) is 33.2 Å². The smallest absolute Gasteiger partial charge is 0.307 e. The van der Waals surface area contributed by atoms with Crippen LogP contribution >= 0.6 is 0 Å². The van der Waals surface area contributed by atoms with Gasteiger partial charge in [-0.2, -0.15) is 0 Å². The number of nitrogens with zero attached hydrogens (tertiary/aromatic N) is 1. The number of carboxylic acids is 1. The molecule has 88 valence electrons. The van der Waals surface area contributed by atoms with Crippen LogP contribution in [-0.4, -0.2) is 34.6 Å². The lowest BCUT2D eigenvalue weighted by molar-refractivity contribution is -0.141. The zero-order valence-corrected chi connectivity index (χ0v) is 10.1. The third-order valence-electron chi connectivity index (χ3n) is 3.42. The van der Waals surface area contributed by atoms with E-state index in [1.54, 1.807) is 0 Å². The molecule has 0 aromatic carbocycles. The highest BCUT2D eigenvalue weighted by Crippen LogP contribution is 2.32. The minimum atomic E-state index is -0.638. The molecule has 0 aromatic heterocycles. The number of hydrogen-bond acceptors (Lipinski definition) is 2. The standard InChI is InChI=1S/C12H23NO2/c1-4-5-6-7-13-9-10(11(14)15)8-12(13,2)3/h10H,4-9H2,1-3H3,(H,14,15). The van der Waals surface area contributed by atoms with E-state index in [0.717, 1.165) is 19.5 Å². The summed E-state index contributed by atoms with van der Waals surface area (Å²) in [7, 11) is 0. The molecule has 0 amide bonds. The van der Waals surface area contributed by atoms with E-state index < -0.39 is 5.97 Å². The maximum absolute atomic E-state index is 10.9. The summed E-state index contributed by atoms with van der Waals surface area (Å²) in [6, 6.07) is 0. The Labute approximate surface area is 92.5 Å². The summed E-state index contributed by atoms with van der Waals surface area (Å²) in [5, 5.41) is 9.01. The lowest BCUT2D eigenvalue weighted by Crippen LogP contribution is -2.38. The van der Waals surface area contributed by atoms with Crippen molar-refractivity contribution in [1.29, 1.82) is 0 Å². The van der Waals surface area contributed by atoms with Crippen LogP contribution in [0, 0.1) is 5.92 Å². The van der Waals surface area contributed by atoms with Crippen LogP contribution < -0.4 is 0 Å². The van der Waals surface area contributed by atoms with Crippen LogP contribution in [-0.2, 0) is 4.79 Å². The van der Waals surface area contributed by atoms with Crippen LogP contribution in [0.15, 0.2) is 0 Å². The molecule has 0 radical (unpaired) electrons. The molecule has 1 heterocycles. The van der Waals surface area contributed by atoms with Gasteiger partial charge in [0.2, 0.25) is 0 Å². The molecular weight excluding hydrogens is 190 g/mol. The van der Waals surface area contributed by atoms with Gasteiger partial charge in [-0.15, -0.1) is 0 Å². The molecule has 0 spiro atoms. The molecule has 1 aliphatic heterocycles. The number of aliphatic carboxylic acids is 1. The number of unbranched alkanes of at least 4 members (excludes halogenated alkanes) is 2. The number of carboxylic acid groups (broad SMARTS) is 1. The molecular formula is C12H23NO2. The first-order valence-corrected chi connectivity index (χ1v) is 5.95. The summed E-state index contributed by atoms with van der Waals surface area (Å²) in [6.45, 7) is 8.27. The van der Waals surface area contributed by atoms with Gasteiger partial charge in [0.05, 0.1) is 5.92 Å². The third kappa shape index (κ3) is 3.20. The van der Waals surface area contributed by atoms with Gasteiger partial charge in [-0.1, -0.05) is 19.8 Å². The van der Waals surface area contributed by atoms with Gasteiger partial charge >= 0.3 is 5.97 Å². The van der Waals surface area contributed by atoms with Crippen LogP contribution in [0.1, 0.15) is 46.5 Å². The Kier molecular flexibility index (Phi) is 4.14. The molecule has 1 unspecified atom stereocenters. The molecule has 3 nitrogen and oxygen atoms in total. The fourth-order valence-corrected chi connectivity index (χ4v) is 2.42. The maximum atomic E-state index is 10.9. The van der Waals surface area contributed by atoms with E-state index in [0.29, 0.717) is 0 Å². The van der Waals surface area contributed by atoms with Gasteiger partial charge in [0.1, 0.15) is 0 Å². The van der Waals surface area contributed by atoms with E-state index in [-0.39, 0.29) is 11.5 Å². The molecule has 0 saturated carbocycles.